The van der Waals surface area contributed by atoms with Crippen molar-refractivity contribution < 1.29 is 9.53 Å². The molecule has 2 rings (SSSR count). The van der Waals surface area contributed by atoms with E-state index in [0.29, 0.717) is 5.69 Å². The zero-order chi connectivity index (χ0) is 14.5. The van der Waals surface area contributed by atoms with Crippen LogP contribution >= 0.6 is 0 Å². The van der Waals surface area contributed by atoms with Crippen molar-refractivity contribution in [2.45, 2.75) is 19.9 Å². The number of ether oxygens (including phenoxy) is 1. The van der Waals surface area contributed by atoms with Gasteiger partial charge in [-0.05, 0) is 37.1 Å². The second kappa shape index (κ2) is 6.19. The minimum atomic E-state index is -0.433. The Morgan fingerprint density at radius 1 is 1.30 bits per heavy atom. The molecule has 20 heavy (non-hydrogen) atoms. The van der Waals surface area contributed by atoms with Crippen molar-refractivity contribution in [1.29, 1.82) is 0 Å². The van der Waals surface area contributed by atoms with Gasteiger partial charge < -0.3 is 10.1 Å². The lowest BCUT2D eigenvalue weighted by Gasteiger charge is -2.18. The van der Waals surface area contributed by atoms with Gasteiger partial charge in [-0.15, -0.1) is 0 Å². The summed E-state index contributed by atoms with van der Waals surface area (Å²) in [4.78, 5) is 15.5. The van der Waals surface area contributed by atoms with E-state index in [2.05, 4.69) is 41.0 Å². The molecule has 4 nitrogen and oxygen atoms in total. The van der Waals surface area contributed by atoms with Crippen LogP contribution in [0.1, 0.15) is 34.6 Å². The van der Waals surface area contributed by atoms with Crippen LogP contribution in [0.5, 0.6) is 0 Å². The summed E-state index contributed by atoms with van der Waals surface area (Å²) in [7, 11) is 1.35. The van der Waals surface area contributed by atoms with Gasteiger partial charge in [0.1, 0.15) is 5.69 Å². The number of nitrogens with zero attached hydrogens (tertiary/aromatic N) is 1. The molecule has 1 aromatic carbocycles. The van der Waals surface area contributed by atoms with E-state index in [1.165, 1.54) is 18.2 Å². The fourth-order valence-electron chi connectivity index (χ4n) is 2.14. The zero-order valence-corrected chi connectivity index (χ0v) is 11.9. The van der Waals surface area contributed by atoms with Gasteiger partial charge in [-0.3, -0.25) is 0 Å². The highest BCUT2D eigenvalue weighted by Gasteiger charge is 2.11. The Hall–Kier alpha value is -2.36. The normalized spacial score (nSPS) is 11.8. The van der Waals surface area contributed by atoms with Gasteiger partial charge in [-0.2, -0.15) is 0 Å². The van der Waals surface area contributed by atoms with E-state index < -0.39 is 5.97 Å². The summed E-state index contributed by atoms with van der Waals surface area (Å²) < 4.78 is 4.67. The smallest absolute Gasteiger partial charge is 0.356 e. The molecule has 2 aromatic rings. The Labute approximate surface area is 118 Å². The van der Waals surface area contributed by atoms with Crippen molar-refractivity contribution in [1.82, 2.24) is 4.98 Å². The number of rotatable bonds is 4. The Balaban J connectivity index is 2.18. The quantitative estimate of drug-likeness (QED) is 0.866. The van der Waals surface area contributed by atoms with Crippen molar-refractivity contribution in [3.63, 3.8) is 0 Å². The van der Waals surface area contributed by atoms with Crippen molar-refractivity contribution in [3.05, 3.63) is 59.4 Å². The molecule has 104 valence electrons. The van der Waals surface area contributed by atoms with Crippen LogP contribution < -0.4 is 5.32 Å². The number of carbonyl (C=O) groups is 1. The predicted molar refractivity (Wildman–Crippen MR) is 78.8 cm³/mol. The van der Waals surface area contributed by atoms with E-state index >= 15 is 0 Å². The van der Waals surface area contributed by atoms with Gasteiger partial charge in [0, 0.05) is 17.9 Å². The third kappa shape index (κ3) is 3.15. The van der Waals surface area contributed by atoms with Crippen LogP contribution in [0.4, 0.5) is 5.69 Å². The van der Waals surface area contributed by atoms with Crippen LogP contribution in [0.3, 0.4) is 0 Å². The molecule has 1 heterocycles. The minimum absolute atomic E-state index is 0.143. The first-order valence-corrected chi connectivity index (χ1v) is 6.48. The Morgan fingerprint density at radius 3 is 2.75 bits per heavy atom. The molecule has 0 saturated heterocycles. The standard InChI is InChI=1S/C16H18N2O2/c1-11-6-4-5-7-14(11)12(2)18-13-8-9-17-15(10-13)16(19)20-3/h4-10,12H,1-3H3,(H,17,18). The fraction of sp³-hybridized carbons (Fsp3) is 0.250. The van der Waals surface area contributed by atoms with E-state index in [0.717, 1.165) is 5.69 Å². The summed E-state index contributed by atoms with van der Waals surface area (Å²) in [6.45, 7) is 4.17. The Bertz CT molecular complexity index is 611. The first-order valence-electron chi connectivity index (χ1n) is 6.48. The second-order valence-electron chi connectivity index (χ2n) is 4.64. The van der Waals surface area contributed by atoms with E-state index in [-0.39, 0.29) is 6.04 Å². The molecule has 0 spiro atoms. The molecule has 1 unspecified atom stereocenters. The number of carbonyl (C=O) groups excluding carboxylic acids is 1. The van der Waals surface area contributed by atoms with Crippen molar-refractivity contribution in [3.8, 4) is 0 Å². The highest BCUT2D eigenvalue weighted by Crippen LogP contribution is 2.22. The topological polar surface area (TPSA) is 51.2 Å². The molecule has 1 aromatic heterocycles. The van der Waals surface area contributed by atoms with Gasteiger partial charge in [0.25, 0.3) is 0 Å². The number of methoxy groups -OCH3 is 1. The molecule has 1 atom stereocenters. The van der Waals surface area contributed by atoms with Gasteiger partial charge in [0.2, 0.25) is 0 Å². The number of pyridine rings is 1. The molecule has 0 aliphatic carbocycles. The third-order valence-electron chi connectivity index (χ3n) is 3.19. The minimum Gasteiger partial charge on any atom is -0.464 e. The average molecular weight is 270 g/mol. The highest BCUT2D eigenvalue weighted by atomic mass is 16.5. The van der Waals surface area contributed by atoms with Crippen molar-refractivity contribution in [2.24, 2.45) is 0 Å². The van der Waals surface area contributed by atoms with E-state index in [1.54, 1.807) is 12.3 Å². The predicted octanol–water partition coefficient (Wildman–Crippen LogP) is 3.35. The first kappa shape index (κ1) is 14.1. The van der Waals surface area contributed by atoms with Crippen LogP contribution in [0.15, 0.2) is 42.6 Å². The largest absolute Gasteiger partial charge is 0.464 e. The van der Waals surface area contributed by atoms with Gasteiger partial charge in [0.05, 0.1) is 7.11 Å². The number of hydrogen-bond acceptors (Lipinski definition) is 4. The number of esters is 1. The molecule has 0 aliphatic rings. The van der Waals surface area contributed by atoms with E-state index in [9.17, 15) is 4.79 Å². The molecule has 4 heteroatoms. The molecule has 0 saturated carbocycles. The summed E-state index contributed by atoms with van der Waals surface area (Å²) >= 11 is 0. The maximum atomic E-state index is 11.5. The number of aryl methyl sites for hydroxylation is 1. The number of aromatic nitrogens is 1. The lowest BCUT2D eigenvalue weighted by atomic mass is 10.0. The molecule has 0 radical (unpaired) electrons. The average Bonchev–Trinajstić information content (AvgIpc) is 2.47. The fourth-order valence-corrected chi connectivity index (χ4v) is 2.14. The third-order valence-corrected chi connectivity index (χ3v) is 3.19. The summed E-state index contributed by atoms with van der Waals surface area (Å²) in [6, 6.07) is 11.9. The summed E-state index contributed by atoms with van der Waals surface area (Å²) in [5, 5.41) is 3.37. The monoisotopic (exact) mass is 270 g/mol. The van der Waals surface area contributed by atoms with Crippen LogP contribution in [0.25, 0.3) is 0 Å². The van der Waals surface area contributed by atoms with Gasteiger partial charge >= 0.3 is 5.97 Å². The number of anilines is 1. The lowest BCUT2D eigenvalue weighted by Crippen LogP contribution is -2.10. The van der Waals surface area contributed by atoms with Crippen LogP contribution in [0, 0.1) is 6.92 Å². The second-order valence-corrected chi connectivity index (χ2v) is 4.64. The molecule has 0 amide bonds. The SMILES string of the molecule is COC(=O)c1cc(NC(C)c2ccccc2C)ccn1. The number of hydrogen-bond donors (Lipinski definition) is 1. The Kier molecular flexibility index (Phi) is 4.35. The molecule has 0 bridgehead atoms. The highest BCUT2D eigenvalue weighted by molar-refractivity contribution is 5.88. The molecular formula is C16H18N2O2. The molecule has 1 N–H and O–H groups in total. The number of benzene rings is 1. The van der Waals surface area contributed by atoms with Gasteiger partial charge in [-0.25, -0.2) is 9.78 Å². The lowest BCUT2D eigenvalue weighted by molar-refractivity contribution is 0.0594. The van der Waals surface area contributed by atoms with Gasteiger partial charge in [-0.1, -0.05) is 24.3 Å². The molecular weight excluding hydrogens is 252 g/mol. The van der Waals surface area contributed by atoms with Crippen LogP contribution in [-0.2, 0) is 4.74 Å². The Morgan fingerprint density at radius 2 is 2.05 bits per heavy atom. The zero-order valence-electron chi connectivity index (χ0n) is 11.9. The van der Waals surface area contributed by atoms with Gasteiger partial charge in [0.15, 0.2) is 0 Å². The van der Waals surface area contributed by atoms with Crippen LogP contribution in [-0.4, -0.2) is 18.1 Å². The summed E-state index contributed by atoms with van der Waals surface area (Å²) in [5.74, 6) is -0.433. The molecule has 0 aliphatic heterocycles. The summed E-state index contributed by atoms with van der Waals surface area (Å²) in [5.41, 5.74) is 3.60. The van der Waals surface area contributed by atoms with E-state index in [1.807, 2.05) is 18.2 Å². The maximum Gasteiger partial charge on any atom is 0.356 e. The van der Waals surface area contributed by atoms with Crippen LogP contribution in [0.2, 0.25) is 0 Å². The van der Waals surface area contributed by atoms with Crippen molar-refractivity contribution in [2.75, 3.05) is 12.4 Å². The summed E-state index contributed by atoms with van der Waals surface area (Å²) in [6.07, 6.45) is 1.60. The van der Waals surface area contributed by atoms with E-state index in [4.69, 9.17) is 0 Å². The first-order chi connectivity index (χ1) is 9.61. The number of nitrogens with one attached hydrogen (secondary N) is 1. The van der Waals surface area contributed by atoms with Crippen molar-refractivity contribution >= 4 is 11.7 Å². The maximum absolute atomic E-state index is 11.5. The molecule has 0 fully saturated rings.